The molecule has 0 bridgehead atoms. The summed E-state index contributed by atoms with van der Waals surface area (Å²) in [5, 5.41) is 9.90. The van der Waals surface area contributed by atoms with E-state index in [1.165, 1.54) is 0 Å². The summed E-state index contributed by atoms with van der Waals surface area (Å²) in [6.07, 6.45) is 1.96. The number of aliphatic carboxylic acids is 1. The van der Waals surface area contributed by atoms with Crippen LogP contribution in [0, 0.1) is 11.8 Å². The number of carbonyl (C=O) groups is 1. The third-order valence-corrected chi connectivity index (χ3v) is 3.59. The molecule has 1 aromatic carbocycles. The van der Waals surface area contributed by atoms with Crippen LogP contribution in [0.1, 0.15) is 32.3 Å². The summed E-state index contributed by atoms with van der Waals surface area (Å²) in [5.41, 5.74) is 0.878. The van der Waals surface area contributed by atoms with E-state index in [1.54, 1.807) is 6.07 Å². The molecule has 0 spiro atoms. The molecule has 0 aliphatic carbocycles. The zero-order chi connectivity index (χ0) is 15.0. The molecule has 0 aliphatic heterocycles. The van der Waals surface area contributed by atoms with Crippen LogP contribution < -0.4 is 0 Å². The molecule has 1 aromatic rings. The molecule has 0 aromatic heterocycles. The van der Waals surface area contributed by atoms with Gasteiger partial charge in [0.15, 0.2) is 0 Å². The molecule has 1 unspecified atom stereocenters. The first-order chi connectivity index (χ1) is 9.50. The monoisotopic (exact) mass is 298 g/mol. The largest absolute Gasteiger partial charge is 0.481 e. The number of carboxylic acids is 1. The van der Waals surface area contributed by atoms with Gasteiger partial charge in [-0.1, -0.05) is 43.6 Å². The second-order valence-electron chi connectivity index (χ2n) is 5.41. The van der Waals surface area contributed by atoms with Crippen LogP contribution in [-0.2, 0) is 16.0 Å². The molecule has 20 heavy (non-hydrogen) atoms. The molecule has 3 nitrogen and oxygen atoms in total. The highest BCUT2D eigenvalue weighted by molar-refractivity contribution is 6.31. The summed E-state index contributed by atoms with van der Waals surface area (Å²) in [4.78, 5) is 11.3. The minimum Gasteiger partial charge on any atom is -0.481 e. The number of carboxylic acid groups (broad SMARTS) is 1. The number of benzene rings is 1. The molecule has 0 aliphatic rings. The summed E-state index contributed by atoms with van der Waals surface area (Å²) >= 11 is 6.07. The van der Waals surface area contributed by atoms with Crippen molar-refractivity contribution < 1.29 is 14.6 Å². The predicted octanol–water partition coefficient (Wildman–Crippen LogP) is 4.04. The topological polar surface area (TPSA) is 46.5 Å². The fraction of sp³-hybridized carbons (Fsp3) is 0.562. The van der Waals surface area contributed by atoms with Crippen LogP contribution >= 0.6 is 11.6 Å². The van der Waals surface area contributed by atoms with Crippen molar-refractivity contribution in [3.63, 3.8) is 0 Å². The number of halogens is 1. The standard InChI is InChI=1S/C16H23ClO3/c1-12(2)7-9-20-10-8-14(16(18)19)11-13-5-3-4-6-15(13)17/h3-6,12,14H,7-11H2,1-2H3,(H,18,19). The van der Waals surface area contributed by atoms with Gasteiger partial charge in [-0.15, -0.1) is 0 Å². The Labute approximate surface area is 125 Å². The molecular weight excluding hydrogens is 276 g/mol. The fourth-order valence-electron chi connectivity index (χ4n) is 1.89. The number of hydrogen-bond donors (Lipinski definition) is 1. The maximum Gasteiger partial charge on any atom is 0.306 e. The van der Waals surface area contributed by atoms with E-state index in [-0.39, 0.29) is 0 Å². The minimum atomic E-state index is -0.794. The van der Waals surface area contributed by atoms with E-state index in [9.17, 15) is 9.90 Å². The fourth-order valence-corrected chi connectivity index (χ4v) is 2.10. The van der Waals surface area contributed by atoms with E-state index in [1.807, 2.05) is 18.2 Å². The number of ether oxygens (including phenoxy) is 1. The van der Waals surface area contributed by atoms with Gasteiger partial charge in [0.05, 0.1) is 5.92 Å². The normalized spacial score (nSPS) is 12.6. The van der Waals surface area contributed by atoms with Gasteiger partial charge in [-0.25, -0.2) is 0 Å². The maximum absolute atomic E-state index is 11.3. The Morgan fingerprint density at radius 2 is 1.90 bits per heavy atom. The molecule has 0 fully saturated rings. The molecule has 4 heteroatoms. The lowest BCUT2D eigenvalue weighted by atomic mass is 9.96. The first kappa shape index (κ1) is 17.0. The smallest absolute Gasteiger partial charge is 0.306 e. The summed E-state index contributed by atoms with van der Waals surface area (Å²) in [7, 11) is 0. The average Bonchev–Trinajstić information content (AvgIpc) is 2.38. The lowest BCUT2D eigenvalue weighted by molar-refractivity contribution is -0.142. The van der Waals surface area contributed by atoms with Crippen molar-refractivity contribution in [2.24, 2.45) is 11.8 Å². The molecule has 0 saturated carbocycles. The van der Waals surface area contributed by atoms with Gasteiger partial charge in [0.2, 0.25) is 0 Å². The van der Waals surface area contributed by atoms with Gasteiger partial charge in [-0.05, 0) is 36.8 Å². The molecule has 1 N–H and O–H groups in total. The lowest BCUT2D eigenvalue weighted by Gasteiger charge is -2.14. The number of hydrogen-bond acceptors (Lipinski definition) is 2. The molecule has 0 saturated heterocycles. The Kier molecular flexibility index (Phi) is 7.63. The Morgan fingerprint density at radius 3 is 2.50 bits per heavy atom. The van der Waals surface area contributed by atoms with Crippen molar-refractivity contribution >= 4 is 17.6 Å². The Morgan fingerprint density at radius 1 is 1.25 bits per heavy atom. The molecule has 1 rings (SSSR count). The molecular formula is C16H23ClO3. The predicted molar refractivity (Wildman–Crippen MR) is 81.2 cm³/mol. The second-order valence-corrected chi connectivity index (χ2v) is 5.82. The average molecular weight is 299 g/mol. The molecule has 1 atom stereocenters. The van der Waals surface area contributed by atoms with Crippen LogP contribution in [0.3, 0.4) is 0 Å². The van der Waals surface area contributed by atoms with Crippen LogP contribution in [-0.4, -0.2) is 24.3 Å². The Balaban J connectivity index is 2.41. The molecule has 0 radical (unpaired) electrons. The SMILES string of the molecule is CC(C)CCOCCC(Cc1ccccc1Cl)C(=O)O. The minimum absolute atomic E-state index is 0.447. The van der Waals surface area contributed by atoms with Gasteiger partial charge in [0, 0.05) is 18.2 Å². The summed E-state index contributed by atoms with van der Waals surface area (Å²) in [6, 6.07) is 7.38. The highest BCUT2D eigenvalue weighted by Gasteiger charge is 2.19. The van der Waals surface area contributed by atoms with Crippen LogP contribution in [0.5, 0.6) is 0 Å². The third kappa shape index (κ3) is 6.40. The Hall–Kier alpha value is -1.06. The van der Waals surface area contributed by atoms with Crippen molar-refractivity contribution in [2.45, 2.75) is 33.1 Å². The van der Waals surface area contributed by atoms with E-state index in [0.29, 0.717) is 37.0 Å². The van der Waals surface area contributed by atoms with Crippen molar-refractivity contribution in [1.29, 1.82) is 0 Å². The van der Waals surface area contributed by atoms with E-state index >= 15 is 0 Å². The van der Waals surface area contributed by atoms with Crippen molar-refractivity contribution in [3.05, 3.63) is 34.9 Å². The van der Waals surface area contributed by atoms with E-state index < -0.39 is 11.9 Å². The molecule has 0 heterocycles. The van der Waals surface area contributed by atoms with Gasteiger partial charge < -0.3 is 9.84 Å². The quantitative estimate of drug-likeness (QED) is 0.700. The maximum atomic E-state index is 11.3. The third-order valence-electron chi connectivity index (χ3n) is 3.22. The first-order valence-electron chi connectivity index (χ1n) is 7.04. The van der Waals surface area contributed by atoms with E-state index in [4.69, 9.17) is 16.3 Å². The number of rotatable bonds is 9. The summed E-state index contributed by atoms with van der Waals surface area (Å²) < 4.78 is 5.50. The van der Waals surface area contributed by atoms with E-state index in [2.05, 4.69) is 13.8 Å². The van der Waals surface area contributed by atoms with Crippen molar-refractivity contribution in [2.75, 3.05) is 13.2 Å². The zero-order valence-electron chi connectivity index (χ0n) is 12.1. The molecule has 0 amide bonds. The lowest BCUT2D eigenvalue weighted by Crippen LogP contribution is -2.19. The first-order valence-corrected chi connectivity index (χ1v) is 7.42. The van der Waals surface area contributed by atoms with Gasteiger partial charge in [-0.2, -0.15) is 0 Å². The zero-order valence-corrected chi connectivity index (χ0v) is 12.9. The van der Waals surface area contributed by atoms with Gasteiger partial charge >= 0.3 is 5.97 Å². The van der Waals surface area contributed by atoms with Crippen LogP contribution in [0.15, 0.2) is 24.3 Å². The van der Waals surface area contributed by atoms with Gasteiger partial charge in [-0.3, -0.25) is 4.79 Å². The van der Waals surface area contributed by atoms with Crippen molar-refractivity contribution in [3.8, 4) is 0 Å². The van der Waals surface area contributed by atoms with Crippen LogP contribution in [0.2, 0.25) is 5.02 Å². The highest BCUT2D eigenvalue weighted by atomic mass is 35.5. The highest BCUT2D eigenvalue weighted by Crippen LogP contribution is 2.20. The summed E-state index contributed by atoms with van der Waals surface area (Å²) in [5.74, 6) is -0.639. The second kappa shape index (κ2) is 8.98. The molecule has 112 valence electrons. The van der Waals surface area contributed by atoms with Crippen LogP contribution in [0.25, 0.3) is 0 Å². The van der Waals surface area contributed by atoms with Gasteiger partial charge in [0.1, 0.15) is 0 Å². The Bertz CT molecular complexity index is 418. The van der Waals surface area contributed by atoms with Crippen molar-refractivity contribution in [1.82, 2.24) is 0 Å². The van der Waals surface area contributed by atoms with Crippen LogP contribution in [0.4, 0.5) is 0 Å². The van der Waals surface area contributed by atoms with E-state index in [0.717, 1.165) is 12.0 Å². The van der Waals surface area contributed by atoms with Gasteiger partial charge in [0.25, 0.3) is 0 Å². The summed E-state index contributed by atoms with van der Waals surface area (Å²) in [6.45, 7) is 5.45.